The molecule has 2 aliphatic heterocycles. The summed E-state index contributed by atoms with van der Waals surface area (Å²) in [5, 5.41) is 9.42. The second-order valence-electron chi connectivity index (χ2n) is 5.25. The third-order valence-electron chi connectivity index (χ3n) is 3.92. The summed E-state index contributed by atoms with van der Waals surface area (Å²) in [5.41, 5.74) is 5.89. The topological polar surface area (TPSA) is 52.7 Å². The number of hydrogen-bond acceptors (Lipinski definition) is 4. The Hall–Kier alpha value is 0.710. The molecule has 0 amide bonds. The predicted octanol–water partition coefficient (Wildman–Crippen LogP) is 1.13. The standard InChI is InChI=1S/C12H25N3O.3ClH/c13-11-1-5-14(6-2-11)9-10-15-7-3-12(16)4-8-15;;;/h11-12,16H,1-10,13H2;3*1H. The van der Waals surface area contributed by atoms with Gasteiger partial charge >= 0.3 is 0 Å². The fraction of sp³-hybridized carbons (Fsp3) is 1.00. The molecule has 0 saturated carbocycles. The van der Waals surface area contributed by atoms with Crippen molar-refractivity contribution >= 4 is 37.2 Å². The highest BCUT2D eigenvalue weighted by Gasteiger charge is 2.19. The van der Waals surface area contributed by atoms with Crippen LogP contribution < -0.4 is 5.73 Å². The number of aliphatic hydroxyl groups excluding tert-OH is 1. The van der Waals surface area contributed by atoms with Gasteiger partial charge in [0, 0.05) is 32.2 Å². The molecular formula is C12H28Cl3N3O. The highest BCUT2D eigenvalue weighted by molar-refractivity contribution is 5.86. The maximum atomic E-state index is 9.42. The molecule has 0 bridgehead atoms. The van der Waals surface area contributed by atoms with Crippen molar-refractivity contribution in [3.63, 3.8) is 0 Å². The Kier molecular flexibility index (Phi) is 13.2. The molecule has 0 unspecified atom stereocenters. The van der Waals surface area contributed by atoms with Crippen molar-refractivity contribution in [2.75, 3.05) is 39.3 Å². The first-order valence-electron chi connectivity index (χ1n) is 6.62. The summed E-state index contributed by atoms with van der Waals surface area (Å²) in [6, 6.07) is 0.432. The van der Waals surface area contributed by atoms with Crippen LogP contribution in [0.2, 0.25) is 0 Å². The molecule has 3 N–H and O–H groups in total. The van der Waals surface area contributed by atoms with Gasteiger partial charge in [0.1, 0.15) is 0 Å². The van der Waals surface area contributed by atoms with Crippen LogP contribution >= 0.6 is 37.2 Å². The number of hydrogen-bond donors (Lipinski definition) is 2. The molecule has 19 heavy (non-hydrogen) atoms. The SMILES string of the molecule is Cl.Cl.Cl.NC1CCN(CCN2CCC(O)CC2)CC1. The molecule has 2 heterocycles. The predicted molar refractivity (Wildman–Crippen MR) is 87.1 cm³/mol. The minimum Gasteiger partial charge on any atom is -0.393 e. The van der Waals surface area contributed by atoms with Gasteiger partial charge in [0.05, 0.1) is 6.10 Å². The third-order valence-corrected chi connectivity index (χ3v) is 3.92. The molecule has 2 rings (SSSR count). The number of halogens is 3. The molecule has 2 fully saturated rings. The Bertz CT molecular complexity index is 186. The minimum atomic E-state index is -0.0516. The summed E-state index contributed by atoms with van der Waals surface area (Å²) in [6.07, 6.45) is 4.15. The van der Waals surface area contributed by atoms with E-state index in [1.54, 1.807) is 0 Å². The van der Waals surface area contributed by atoms with Crippen LogP contribution in [0.25, 0.3) is 0 Å². The molecule has 118 valence electrons. The first-order valence-corrected chi connectivity index (χ1v) is 6.62. The van der Waals surface area contributed by atoms with Gasteiger partial charge in [-0.05, 0) is 38.8 Å². The summed E-state index contributed by atoms with van der Waals surface area (Å²) in [5.74, 6) is 0. The van der Waals surface area contributed by atoms with Gasteiger partial charge < -0.3 is 20.6 Å². The molecule has 2 aliphatic rings. The maximum Gasteiger partial charge on any atom is 0.0564 e. The van der Waals surface area contributed by atoms with Crippen molar-refractivity contribution < 1.29 is 5.11 Å². The molecule has 2 saturated heterocycles. The Morgan fingerprint density at radius 3 is 1.58 bits per heavy atom. The molecule has 0 aliphatic carbocycles. The van der Waals surface area contributed by atoms with Crippen molar-refractivity contribution in [3.8, 4) is 0 Å². The fourth-order valence-corrected chi connectivity index (χ4v) is 2.60. The molecule has 4 nitrogen and oxygen atoms in total. The van der Waals surface area contributed by atoms with Crippen LogP contribution in [0.1, 0.15) is 25.7 Å². The fourth-order valence-electron chi connectivity index (χ4n) is 2.60. The summed E-state index contributed by atoms with van der Waals surface area (Å²) >= 11 is 0. The van der Waals surface area contributed by atoms with E-state index >= 15 is 0 Å². The monoisotopic (exact) mass is 335 g/mol. The number of likely N-dealkylation sites (tertiary alicyclic amines) is 2. The number of nitrogens with zero attached hydrogens (tertiary/aromatic N) is 2. The zero-order valence-corrected chi connectivity index (χ0v) is 13.8. The quantitative estimate of drug-likeness (QED) is 0.811. The summed E-state index contributed by atoms with van der Waals surface area (Å²) in [6.45, 7) is 6.78. The Labute approximate surface area is 135 Å². The minimum absolute atomic E-state index is 0. The second kappa shape index (κ2) is 11.4. The van der Waals surface area contributed by atoms with Gasteiger partial charge in [-0.2, -0.15) is 0 Å². The number of aliphatic hydroxyl groups is 1. The lowest BCUT2D eigenvalue weighted by atomic mass is 10.1. The van der Waals surface area contributed by atoms with E-state index < -0.39 is 0 Å². The smallest absolute Gasteiger partial charge is 0.0564 e. The van der Waals surface area contributed by atoms with Crippen molar-refractivity contribution in [1.29, 1.82) is 0 Å². The van der Waals surface area contributed by atoms with E-state index in [0.29, 0.717) is 6.04 Å². The summed E-state index contributed by atoms with van der Waals surface area (Å²) in [7, 11) is 0. The van der Waals surface area contributed by atoms with E-state index in [1.807, 2.05) is 0 Å². The highest BCUT2D eigenvalue weighted by atomic mass is 35.5. The van der Waals surface area contributed by atoms with E-state index in [-0.39, 0.29) is 43.3 Å². The zero-order chi connectivity index (χ0) is 11.4. The second-order valence-corrected chi connectivity index (χ2v) is 5.25. The van der Waals surface area contributed by atoms with Crippen LogP contribution in [-0.2, 0) is 0 Å². The largest absolute Gasteiger partial charge is 0.393 e. The normalized spacial score (nSPS) is 23.1. The Morgan fingerprint density at radius 2 is 1.16 bits per heavy atom. The van der Waals surface area contributed by atoms with Crippen molar-refractivity contribution in [3.05, 3.63) is 0 Å². The number of rotatable bonds is 3. The van der Waals surface area contributed by atoms with Crippen LogP contribution in [0.4, 0.5) is 0 Å². The Morgan fingerprint density at radius 1 is 0.789 bits per heavy atom. The van der Waals surface area contributed by atoms with E-state index in [4.69, 9.17) is 5.73 Å². The highest BCUT2D eigenvalue weighted by Crippen LogP contribution is 2.11. The van der Waals surface area contributed by atoms with Crippen molar-refractivity contribution in [2.24, 2.45) is 5.73 Å². The van der Waals surface area contributed by atoms with Crippen LogP contribution in [0, 0.1) is 0 Å². The average molecular weight is 337 g/mol. The molecule has 0 radical (unpaired) electrons. The van der Waals surface area contributed by atoms with E-state index in [9.17, 15) is 5.11 Å². The van der Waals surface area contributed by atoms with Gasteiger partial charge in [-0.15, -0.1) is 37.2 Å². The van der Waals surface area contributed by atoms with E-state index in [2.05, 4.69) is 9.80 Å². The third kappa shape index (κ3) is 7.90. The van der Waals surface area contributed by atoms with Gasteiger partial charge in [0.15, 0.2) is 0 Å². The van der Waals surface area contributed by atoms with Crippen LogP contribution in [0.3, 0.4) is 0 Å². The maximum absolute atomic E-state index is 9.42. The molecular weight excluding hydrogens is 309 g/mol. The first-order chi connectivity index (χ1) is 7.74. The van der Waals surface area contributed by atoms with E-state index in [1.165, 1.54) is 6.54 Å². The lowest BCUT2D eigenvalue weighted by molar-refractivity contribution is 0.0745. The van der Waals surface area contributed by atoms with Gasteiger partial charge in [-0.25, -0.2) is 0 Å². The van der Waals surface area contributed by atoms with Crippen molar-refractivity contribution in [2.45, 2.75) is 37.8 Å². The molecule has 0 atom stereocenters. The summed E-state index contributed by atoms with van der Waals surface area (Å²) in [4.78, 5) is 5.00. The average Bonchev–Trinajstić information content (AvgIpc) is 2.30. The van der Waals surface area contributed by atoms with Gasteiger partial charge in [-0.3, -0.25) is 0 Å². The van der Waals surface area contributed by atoms with Crippen LogP contribution in [0.15, 0.2) is 0 Å². The van der Waals surface area contributed by atoms with Crippen LogP contribution in [-0.4, -0.2) is 66.3 Å². The first kappa shape index (κ1) is 22.0. The zero-order valence-electron chi connectivity index (χ0n) is 11.4. The number of piperidine rings is 2. The number of nitrogens with two attached hydrogens (primary N) is 1. The van der Waals surface area contributed by atoms with E-state index in [0.717, 1.165) is 58.4 Å². The van der Waals surface area contributed by atoms with Crippen LogP contribution in [0.5, 0.6) is 0 Å². The molecule has 0 aromatic rings. The summed E-state index contributed by atoms with van der Waals surface area (Å²) < 4.78 is 0. The van der Waals surface area contributed by atoms with Gasteiger partial charge in [0.25, 0.3) is 0 Å². The lowest BCUT2D eigenvalue weighted by Crippen LogP contribution is -2.45. The molecule has 0 aromatic carbocycles. The molecule has 0 aromatic heterocycles. The van der Waals surface area contributed by atoms with Crippen molar-refractivity contribution in [1.82, 2.24) is 9.80 Å². The molecule has 0 spiro atoms. The molecule has 7 heteroatoms. The Balaban J connectivity index is 0. The lowest BCUT2D eigenvalue weighted by Gasteiger charge is -2.34. The van der Waals surface area contributed by atoms with Gasteiger partial charge in [0.2, 0.25) is 0 Å². The van der Waals surface area contributed by atoms with Gasteiger partial charge in [-0.1, -0.05) is 0 Å².